The van der Waals surface area contributed by atoms with Crippen molar-refractivity contribution in [2.24, 2.45) is 5.92 Å². The van der Waals surface area contributed by atoms with Gasteiger partial charge >= 0.3 is 0 Å². The van der Waals surface area contributed by atoms with Gasteiger partial charge < -0.3 is 19.1 Å². The smallest absolute Gasteiger partial charge is 0.118 e. The average Bonchev–Trinajstić information content (AvgIpc) is 2.82. The Morgan fingerprint density at radius 1 is 1.29 bits per heavy atom. The molecule has 0 amide bonds. The van der Waals surface area contributed by atoms with Crippen molar-refractivity contribution in [2.45, 2.75) is 18.6 Å². The minimum Gasteiger partial charge on any atom is -0.497 e. The van der Waals surface area contributed by atoms with Crippen molar-refractivity contribution < 1.29 is 14.2 Å². The average molecular weight is 334 g/mol. The van der Waals surface area contributed by atoms with Crippen molar-refractivity contribution in [3.8, 4) is 5.75 Å². The van der Waals surface area contributed by atoms with Gasteiger partial charge in [-0.3, -0.25) is 4.90 Å². The minimum absolute atomic E-state index is 0.135. The molecule has 0 radical (unpaired) electrons. The van der Waals surface area contributed by atoms with Crippen molar-refractivity contribution >= 4 is 0 Å². The summed E-state index contributed by atoms with van der Waals surface area (Å²) in [5.41, 5.74) is 1.17. The molecule has 2 heterocycles. The molecule has 5 heteroatoms. The molecule has 24 heavy (non-hydrogen) atoms. The Balaban J connectivity index is 1.62. The lowest BCUT2D eigenvalue weighted by Gasteiger charge is -2.31. The van der Waals surface area contributed by atoms with Crippen LogP contribution >= 0.6 is 0 Å². The van der Waals surface area contributed by atoms with Crippen LogP contribution in [0, 0.1) is 5.92 Å². The molecule has 1 spiro atoms. The van der Waals surface area contributed by atoms with Crippen molar-refractivity contribution in [2.75, 3.05) is 60.7 Å². The minimum atomic E-state index is -0.135. The molecule has 2 aliphatic rings. The Bertz CT molecular complexity index is 520. The van der Waals surface area contributed by atoms with Gasteiger partial charge in [0.15, 0.2) is 0 Å². The lowest BCUT2D eigenvalue weighted by Crippen LogP contribution is -2.44. The van der Waals surface area contributed by atoms with Crippen LogP contribution in [-0.4, -0.2) is 76.1 Å². The SMILES string of the molecule is COc1ccc(CN2CCOC[C@]3(C[C@@H](CN(C)C)CO3)C2)cc1. The molecule has 134 valence electrons. The van der Waals surface area contributed by atoms with Gasteiger partial charge in [0.25, 0.3) is 0 Å². The van der Waals surface area contributed by atoms with Crippen LogP contribution in [0.2, 0.25) is 0 Å². The summed E-state index contributed by atoms with van der Waals surface area (Å²) < 4.78 is 17.4. The molecule has 1 aromatic carbocycles. The maximum atomic E-state index is 6.27. The predicted octanol–water partition coefficient (Wildman–Crippen LogP) is 1.86. The summed E-state index contributed by atoms with van der Waals surface area (Å²) in [7, 11) is 5.96. The van der Waals surface area contributed by atoms with Crippen LogP contribution in [-0.2, 0) is 16.0 Å². The Hall–Kier alpha value is -1.14. The van der Waals surface area contributed by atoms with E-state index in [9.17, 15) is 0 Å². The molecule has 0 unspecified atom stereocenters. The normalized spacial score (nSPS) is 28.4. The summed E-state index contributed by atoms with van der Waals surface area (Å²) in [6, 6.07) is 8.33. The standard InChI is InChI=1S/C19H30N2O3/c1-20(2)11-17-10-19(24-13-17)14-21(8-9-23-15-19)12-16-4-6-18(22-3)7-5-16/h4-7,17H,8-15H2,1-3H3/t17-,19-/m0/s1. The van der Waals surface area contributed by atoms with E-state index in [0.29, 0.717) is 5.92 Å². The third kappa shape index (κ3) is 4.48. The summed E-state index contributed by atoms with van der Waals surface area (Å²) in [5.74, 6) is 1.50. The van der Waals surface area contributed by atoms with Gasteiger partial charge in [0.05, 0.1) is 26.9 Å². The van der Waals surface area contributed by atoms with Gasteiger partial charge in [-0.1, -0.05) is 12.1 Å². The van der Waals surface area contributed by atoms with Gasteiger partial charge in [0, 0.05) is 26.2 Å². The molecule has 0 aliphatic carbocycles. The Morgan fingerprint density at radius 3 is 2.79 bits per heavy atom. The molecule has 0 saturated carbocycles. The monoisotopic (exact) mass is 334 g/mol. The number of nitrogens with zero attached hydrogens (tertiary/aromatic N) is 2. The highest BCUT2D eigenvalue weighted by molar-refractivity contribution is 5.27. The van der Waals surface area contributed by atoms with Crippen molar-refractivity contribution in [1.29, 1.82) is 0 Å². The summed E-state index contributed by atoms with van der Waals surface area (Å²) >= 11 is 0. The predicted molar refractivity (Wildman–Crippen MR) is 94.4 cm³/mol. The van der Waals surface area contributed by atoms with E-state index >= 15 is 0 Å². The third-order valence-corrected chi connectivity index (χ3v) is 4.90. The van der Waals surface area contributed by atoms with E-state index in [2.05, 4.69) is 36.0 Å². The summed E-state index contributed by atoms with van der Waals surface area (Å²) in [5, 5.41) is 0. The molecule has 2 atom stereocenters. The summed E-state index contributed by atoms with van der Waals surface area (Å²) in [4.78, 5) is 4.71. The Morgan fingerprint density at radius 2 is 2.08 bits per heavy atom. The number of hydrogen-bond donors (Lipinski definition) is 0. The fourth-order valence-corrected chi connectivity index (χ4v) is 3.89. The molecule has 5 nitrogen and oxygen atoms in total. The van der Waals surface area contributed by atoms with E-state index < -0.39 is 0 Å². The maximum absolute atomic E-state index is 6.27. The molecule has 0 aromatic heterocycles. The first-order valence-corrected chi connectivity index (χ1v) is 8.80. The second-order valence-corrected chi connectivity index (χ2v) is 7.44. The molecule has 2 fully saturated rings. The highest BCUT2D eigenvalue weighted by atomic mass is 16.5. The van der Waals surface area contributed by atoms with Crippen LogP contribution in [0.1, 0.15) is 12.0 Å². The molecule has 2 aliphatic heterocycles. The van der Waals surface area contributed by atoms with Crippen LogP contribution < -0.4 is 4.74 Å². The van der Waals surface area contributed by atoms with E-state index in [1.54, 1.807) is 7.11 Å². The van der Waals surface area contributed by atoms with Crippen molar-refractivity contribution in [1.82, 2.24) is 9.80 Å². The third-order valence-electron chi connectivity index (χ3n) is 4.90. The number of benzene rings is 1. The largest absolute Gasteiger partial charge is 0.497 e. The molecule has 2 saturated heterocycles. The first-order chi connectivity index (χ1) is 11.6. The van der Waals surface area contributed by atoms with E-state index in [-0.39, 0.29) is 5.60 Å². The topological polar surface area (TPSA) is 34.2 Å². The van der Waals surface area contributed by atoms with E-state index in [0.717, 1.165) is 58.2 Å². The van der Waals surface area contributed by atoms with Crippen LogP contribution in [0.5, 0.6) is 5.75 Å². The van der Waals surface area contributed by atoms with Gasteiger partial charge in [0.2, 0.25) is 0 Å². The first-order valence-electron chi connectivity index (χ1n) is 8.80. The number of rotatable bonds is 5. The van der Waals surface area contributed by atoms with E-state index in [1.165, 1.54) is 5.56 Å². The number of ether oxygens (including phenoxy) is 3. The highest BCUT2D eigenvalue weighted by Crippen LogP contribution is 2.33. The molecule has 1 aromatic rings. The van der Waals surface area contributed by atoms with Gasteiger partial charge in [-0.05, 0) is 44.1 Å². The number of hydrogen-bond acceptors (Lipinski definition) is 5. The van der Waals surface area contributed by atoms with E-state index in [4.69, 9.17) is 14.2 Å². The zero-order chi connectivity index (χ0) is 17.0. The Labute approximate surface area is 145 Å². The Kier molecular flexibility index (Phi) is 5.76. The van der Waals surface area contributed by atoms with Gasteiger partial charge in [-0.2, -0.15) is 0 Å². The fourth-order valence-electron chi connectivity index (χ4n) is 3.89. The lowest BCUT2D eigenvalue weighted by molar-refractivity contribution is -0.0563. The van der Waals surface area contributed by atoms with Crippen LogP contribution in [0.15, 0.2) is 24.3 Å². The van der Waals surface area contributed by atoms with Crippen LogP contribution in [0.4, 0.5) is 0 Å². The van der Waals surface area contributed by atoms with Crippen LogP contribution in [0.25, 0.3) is 0 Å². The van der Waals surface area contributed by atoms with Crippen molar-refractivity contribution in [3.05, 3.63) is 29.8 Å². The number of methoxy groups -OCH3 is 1. The van der Waals surface area contributed by atoms with E-state index in [1.807, 2.05) is 12.1 Å². The second-order valence-electron chi connectivity index (χ2n) is 7.44. The van der Waals surface area contributed by atoms with Gasteiger partial charge in [-0.15, -0.1) is 0 Å². The summed E-state index contributed by atoms with van der Waals surface area (Å²) in [6.45, 7) is 6.25. The highest BCUT2D eigenvalue weighted by Gasteiger charge is 2.43. The maximum Gasteiger partial charge on any atom is 0.118 e. The quantitative estimate of drug-likeness (QED) is 0.821. The molecule has 3 rings (SSSR count). The fraction of sp³-hybridized carbons (Fsp3) is 0.684. The lowest BCUT2D eigenvalue weighted by atomic mass is 9.94. The zero-order valence-electron chi connectivity index (χ0n) is 15.2. The first kappa shape index (κ1) is 17.7. The summed E-state index contributed by atoms with van der Waals surface area (Å²) in [6.07, 6.45) is 1.09. The zero-order valence-corrected chi connectivity index (χ0v) is 15.2. The second kappa shape index (κ2) is 7.83. The van der Waals surface area contributed by atoms with Crippen molar-refractivity contribution in [3.63, 3.8) is 0 Å². The van der Waals surface area contributed by atoms with Gasteiger partial charge in [-0.25, -0.2) is 0 Å². The molecular formula is C19H30N2O3. The molecule has 0 N–H and O–H groups in total. The van der Waals surface area contributed by atoms with Crippen LogP contribution in [0.3, 0.4) is 0 Å². The molecular weight excluding hydrogens is 304 g/mol. The molecule has 0 bridgehead atoms. The van der Waals surface area contributed by atoms with Gasteiger partial charge in [0.1, 0.15) is 11.4 Å².